The molecule has 6 heteroatoms. The smallest absolute Gasteiger partial charge is 0.239 e. The molecule has 2 saturated heterocycles. The second-order valence-corrected chi connectivity index (χ2v) is 5.27. The summed E-state index contributed by atoms with van der Waals surface area (Å²) in [6.07, 6.45) is 0. The van der Waals surface area contributed by atoms with Crippen molar-refractivity contribution in [3.05, 3.63) is 0 Å². The highest BCUT2D eigenvalue weighted by atomic mass is 16.5. The first-order chi connectivity index (χ1) is 9.18. The number of morpholine rings is 2. The summed E-state index contributed by atoms with van der Waals surface area (Å²) in [4.78, 5) is 14.5. The topological polar surface area (TPSA) is 62.8 Å². The van der Waals surface area contributed by atoms with Crippen molar-refractivity contribution in [1.29, 1.82) is 0 Å². The number of ether oxygens (including phenoxy) is 2. The van der Waals surface area contributed by atoms with Gasteiger partial charge >= 0.3 is 0 Å². The van der Waals surface area contributed by atoms with E-state index in [9.17, 15) is 4.79 Å². The summed E-state index contributed by atoms with van der Waals surface area (Å²) in [5, 5.41) is 6.25. The van der Waals surface area contributed by atoms with Gasteiger partial charge in [-0.25, -0.2) is 0 Å². The number of amides is 1. The maximum atomic E-state index is 12.1. The first-order valence-electron chi connectivity index (χ1n) is 7.12. The molecule has 2 aliphatic rings. The monoisotopic (exact) mass is 271 g/mol. The minimum Gasteiger partial charge on any atom is -0.379 e. The summed E-state index contributed by atoms with van der Waals surface area (Å²) in [5.41, 5.74) is 0. The summed E-state index contributed by atoms with van der Waals surface area (Å²) >= 11 is 0. The second-order valence-electron chi connectivity index (χ2n) is 5.27. The van der Waals surface area contributed by atoms with Crippen LogP contribution in [0.25, 0.3) is 0 Å². The fourth-order valence-electron chi connectivity index (χ4n) is 2.48. The lowest BCUT2D eigenvalue weighted by Gasteiger charge is -2.36. The third-order valence-corrected chi connectivity index (χ3v) is 3.95. The number of hydrogen-bond acceptors (Lipinski definition) is 5. The molecule has 2 heterocycles. The molecule has 3 unspecified atom stereocenters. The lowest BCUT2D eigenvalue weighted by molar-refractivity contribution is -0.127. The molecule has 2 fully saturated rings. The zero-order valence-electron chi connectivity index (χ0n) is 11.9. The van der Waals surface area contributed by atoms with Crippen LogP contribution in [0.3, 0.4) is 0 Å². The van der Waals surface area contributed by atoms with Crippen molar-refractivity contribution in [3.63, 3.8) is 0 Å². The second kappa shape index (κ2) is 7.19. The Kier molecular flexibility index (Phi) is 5.57. The summed E-state index contributed by atoms with van der Waals surface area (Å²) < 4.78 is 10.7. The average Bonchev–Trinajstić information content (AvgIpc) is 2.48. The largest absolute Gasteiger partial charge is 0.379 e. The van der Waals surface area contributed by atoms with E-state index in [1.807, 2.05) is 0 Å². The molecule has 0 aromatic heterocycles. The van der Waals surface area contributed by atoms with E-state index in [-0.39, 0.29) is 18.0 Å². The Morgan fingerprint density at radius 1 is 1.26 bits per heavy atom. The Morgan fingerprint density at radius 2 is 2.00 bits per heavy atom. The molecule has 0 radical (unpaired) electrons. The predicted molar refractivity (Wildman–Crippen MR) is 72.1 cm³/mol. The predicted octanol–water partition coefficient (Wildman–Crippen LogP) is -0.800. The summed E-state index contributed by atoms with van der Waals surface area (Å²) in [5.74, 6) is 0.0345. The Bertz CT molecular complexity index is 289. The number of nitrogens with zero attached hydrogens (tertiary/aromatic N) is 1. The van der Waals surface area contributed by atoms with E-state index in [1.54, 1.807) is 0 Å². The van der Waals surface area contributed by atoms with Crippen LogP contribution in [0, 0.1) is 0 Å². The molecule has 0 spiro atoms. The molecule has 0 aromatic carbocycles. The van der Waals surface area contributed by atoms with Crippen molar-refractivity contribution in [1.82, 2.24) is 15.5 Å². The van der Waals surface area contributed by atoms with Crippen molar-refractivity contribution < 1.29 is 14.3 Å². The van der Waals surface area contributed by atoms with Crippen LogP contribution in [0.4, 0.5) is 0 Å². The Hall–Kier alpha value is -0.690. The van der Waals surface area contributed by atoms with E-state index >= 15 is 0 Å². The van der Waals surface area contributed by atoms with E-state index in [0.29, 0.717) is 19.3 Å². The van der Waals surface area contributed by atoms with Crippen LogP contribution < -0.4 is 10.6 Å². The molecular weight excluding hydrogens is 246 g/mol. The molecule has 3 atom stereocenters. The Morgan fingerprint density at radius 3 is 2.63 bits per heavy atom. The molecule has 0 aromatic rings. The molecule has 0 saturated carbocycles. The van der Waals surface area contributed by atoms with Crippen molar-refractivity contribution in [2.75, 3.05) is 46.1 Å². The van der Waals surface area contributed by atoms with Crippen LogP contribution in [-0.4, -0.2) is 75.0 Å². The van der Waals surface area contributed by atoms with Crippen LogP contribution in [-0.2, 0) is 14.3 Å². The van der Waals surface area contributed by atoms with Crippen LogP contribution in [0.2, 0.25) is 0 Å². The molecule has 19 heavy (non-hydrogen) atoms. The van der Waals surface area contributed by atoms with Gasteiger partial charge in [-0.1, -0.05) is 0 Å². The quantitative estimate of drug-likeness (QED) is 0.701. The average molecular weight is 271 g/mol. The van der Waals surface area contributed by atoms with Crippen molar-refractivity contribution in [3.8, 4) is 0 Å². The third-order valence-electron chi connectivity index (χ3n) is 3.95. The summed E-state index contributed by atoms with van der Waals surface area (Å²) in [6.45, 7) is 9.53. The van der Waals surface area contributed by atoms with Gasteiger partial charge in [0.2, 0.25) is 5.91 Å². The minimum absolute atomic E-state index is 0.0345. The van der Waals surface area contributed by atoms with Gasteiger partial charge in [0, 0.05) is 31.7 Å². The molecule has 110 valence electrons. The van der Waals surface area contributed by atoms with Gasteiger partial charge in [-0.15, -0.1) is 0 Å². The molecule has 0 bridgehead atoms. The zero-order valence-corrected chi connectivity index (χ0v) is 11.9. The van der Waals surface area contributed by atoms with Crippen molar-refractivity contribution in [2.45, 2.75) is 32.0 Å². The maximum absolute atomic E-state index is 12.1. The molecule has 1 amide bonds. The van der Waals surface area contributed by atoms with Crippen LogP contribution in [0.15, 0.2) is 0 Å². The summed E-state index contributed by atoms with van der Waals surface area (Å²) in [7, 11) is 0. The fourth-order valence-corrected chi connectivity index (χ4v) is 2.48. The SMILES string of the molecule is CC(NC(=O)C1COCCN1)C(C)N1CCOCC1. The van der Waals surface area contributed by atoms with Gasteiger partial charge in [0.1, 0.15) is 6.04 Å². The molecule has 2 N–H and O–H groups in total. The Balaban J connectivity index is 1.78. The van der Waals surface area contributed by atoms with Gasteiger partial charge in [0.25, 0.3) is 0 Å². The van der Waals surface area contributed by atoms with Gasteiger partial charge in [0.05, 0.1) is 26.4 Å². The highest BCUT2D eigenvalue weighted by molar-refractivity contribution is 5.82. The standard InChI is InChI=1S/C13H25N3O3/c1-10(11(2)16-4-7-18-8-5-16)15-13(17)12-9-19-6-3-14-12/h10-12,14H,3-9H2,1-2H3,(H,15,17). The van der Waals surface area contributed by atoms with Gasteiger partial charge in [-0.2, -0.15) is 0 Å². The van der Waals surface area contributed by atoms with Crippen LogP contribution >= 0.6 is 0 Å². The molecular formula is C13H25N3O3. The lowest BCUT2D eigenvalue weighted by atomic mass is 10.1. The minimum atomic E-state index is -0.215. The van der Waals surface area contributed by atoms with Crippen LogP contribution in [0.1, 0.15) is 13.8 Å². The fraction of sp³-hybridized carbons (Fsp3) is 0.923. The van der Waals surface area contributed by atoms with E-state index in [0.717, 1.165) is 32.8 Å². The van der Waals surface area contributed by atoms with Gasteiger partial charge in [0.15, 0.2) is 0 Å². The first kappa shape index (κ1) is 14.7. The van der Waals surface area contributed by atoms with Crippen molar-refractivity contribution >= 4 is 5.91 Å². The first-order valence-corrected chi connectivity index (χ1v) is 7.12. The summed E-state index contributed by atoms with van der Waals surface area (Å²) in [6, 6.07) is 0.222. The van der Waals surface area contributed by atoms with Gasteiger partial charge in [-0.05, 0) is 13.8 Å². The maximum Gasteiger partial charge on any atom is 0.239 e. The van der Waals surface area contributed by atoms with Gasteiger partial charge in [-0.3, -0.25) is 9.69 Å². The molecule has 0 aliphatic carbocycles. The van der Waals surface area contributed by atoms with E-state index in [4.69, 9.17) is 9.47 Å². The number of hydrogen-bond donors (Lipinski definition) is 2. The third kappa shape index (κ3) is 4.14. The molecule has 2 rings (SSSR count). The van der Waals surface area contributed by atoms with Crippen LogP contribution in [0.5, 0.6) is 0 Å². The van der Waals surface area contributed by atoms with E-state index < -0.39 is 0 Å². The molecule has 6 nitrogen and oxygen atoms in total. The van der Waals surface area contributed by atoms with E-state index in [2.05, 4.69) is 29.4 Å². The number of rotatable bonds is 4. The lowest BCUT2D eigenvalue weighted by Crippen LogP contribution is -2.57. The highest BCUT2D eigenvalue weighted by Crippen LogP contribution is 2.08. The molecule has 2 aliphatic heterocycles. The number of carbonyl (C=O) groups excluding carboxylic acids is 1. The van der Waals surface area contributed by atoms with Gasteiger partial charge < -0.3 is 20.1 Å². The van der Waals surface area contributed by atoms with E-state index in [1.165, 1.54) is 0 Å². The number of carbonyl (C=O) groups is 1. The normalized spacial score (nSPS) is 28.6. The zero-order chi connectivity index (χ0) is 13.7. The van der Waals surface area contributed by atoms with Crippen molar-refractivity contribution in [2.24, 2.45) is 0 Å². The number of nitrogens with one attached hydrogen (secondary N) is 2. The Labute approximate surface area is 114 Å². The highest BCUT2D eigenvalue weighted by Gasteiger charge is 2.27.